The second-order valence-electron chi connectivity index (χ2n) is 5.02. The van der Waals surface area contributed by atoms with E-state index in [9.17, 15) is 0 Å². The summed E-state index contributed by atoms with van der Waals surface area (Å²) < 4.78 is 1.52. The molecule has 3 rings (SSSR count). The number of nitrogens with zero attached hydrogens (tertiary/aromatic N) is 2. The van der Waals surface area contributed by atoms with E-state index in [1.54, 1.807) is 5.01 Å². The molecule has 2 N–H and O–H groups in total. The van der Waals surface area contributed by atoms with Crippen molar-refractivity contribution < 1.29 is 26.1 Å². The van der Waals surface area contributed by atoms with Gasteiger partial charge in [0, 0.05) is 0 Å². The van der Waals surface area contributed by atoms with Gasteiger partial charge in [-0.25, -0.2) is 5.53 Å². The van der Waals surface area contributed by atoms with Crippen LogP contribution in [0.1, 0.15) is 0 Å². The van der Waals surface area contributed by atoms with E-state index in [1.165, 1.54) is 3.07 Å². The molecule has 0 aliphatic rings. The summed E-state index contributed by atoms with van der Waals surface area (Å²) in [5, 5.41) is 5.11. The van der Waals surface area contributed by atoms with Crippen LogP contribution in [-0.2, 0) is 26.1 Å². The Morgan fingerprint density at radius 3 is 1.52 bits per heavy atom. The Hall–Kier alpha value is -2.11. The maximum atomic E-state index is 6.92. The van der Waals surface area contributed by atoms with E-state index in [0.29, 0.717) is 0 Å². The van der Waals surface area contributed by atoms with Gasteiger partial charge in [-0.15, -0.1) is 5.11 Å². The van der Waals surface area contributed by atoms with Crippen molar-refractivity contribution in [3.05, 3.63) is 91.0 Å². The molecule has 4 nitrogen and oxygen atoms in total. The van der Waals surface area contributed by atoms with E-state index < -0.39 is 0 Å². The van der Waals surface area contributed by atoms with Gasteiger partial charge in [0.25, 0.3) is 0 Å². The van der Waals surface area contributed by atoms with Crippen molar-refractivity contribution in [3.8, 4) is 0 Å². The molecule has 25 heavy (non-hydrogen) atoms. The van der Waals surface area contributed by atoms with Crippen LogP contribution < -0.4 is 13.5 Å². The maximum absolute atomic E-state index is 6.92. The van der Waals surface area contributed by atoms with Crippen molar-refractivity contribution in [2.24, 2.45) is 5.11 Å². The molecule has 0 fully saturated rings. The summed E-state index contributed by atoms with van der Waals surface area (Å²) in [6, 6.07) is 30.0. The molecule has 0 atom stereocenters. The molecular formula is C19H17HgN4S. The van der Waals surface area contributed by atoms with E-state index in [-0.39, 0.29) is 5.11 Å². The number of para-hydroxylation sites is 2. The third-order valence-corrected chi connectivity index (χ3v) is 5.20. The third kappa shape index (κ3) is 6.72. The van der Waals surface area contributed by atoms with Crippen LogP contribution in [0.25, 0.3) is 0 Å². The molecule has 0 amide bonds. The van der Waals surface area contributed by atoms with Crippen LogP contribution in [0.4, 0.5) is 11.4 Å². The first-order valence-electron chi connectivity index (χ1n) is 7.66. The van der Waals surface area contributed by atoms with Crippen molar-refractivity contribution in [3.63, 3.8) is 0 Å². The van der Waals surface area contributed by atoms with Gasteiger partial charge in [0.15, 0.2) is 0 Å². The summed E-state index contributed by atoms with van der Waals surface area (Å²) in [6.45, 7) is 0. The number of nitrogens with one attached hydrogen (secondary N) is 2. The van der Waals surface area contributed by atoms with Gasteiger partial charge in [-0.1, -0.05) is 36.4 Å². The van der Waals surface area contributed by atoms with Gasteiger partial charge in [-0.05, 0) is 36.5 Å². The minimum atomic E-state index is 0.114. The molecule has 0 bridgehead atoms. The Bertz CT molecular complexity index is 743. The summed E-state index contributed by atoms with van der Waals surface area (Å²) in [6.07, 6.45) is 0. The average Bonchev–Trinajstić information content (AvgIpc) is 2.68. The molecule has 0 aromatic heterocycles. The Morgan fingerprint density at radius 2 is 1.20 bits per heavy atom. The Labute approximate surface area is 169 Å². The van der Waals surface area contributed by atoms with Crippen molar-refractivity contribution in [2.45, 2.75) is 0 Å². The topological polar surface area (TPSA) is 51.5 Å². The van der Waals surface area contributed by atoms with E-state index in [1.807, 2.05) is 60.7 Å². The SMILES string of the molecule is N=NC(=S)NN(c1ccccc1)c1ccccc1.[Hg][c]1ccccc1. The summed E-state index contributed by atoms with van der Waals surface area (Å²) >= 11 is 5.73. The van der Waals surface area contributed by atoms with Crippen molar-refractivity contribution in [1.29, 1.82) is 5.53 Å². The van der Waals surface area contributed by atoms with Gasteiger partial charge in [0.1, 0.15) is 0 Å². The number of anilines is 2. The third-order valence-electron chi connectivity index (χ3n) is 3.18. The zero-order valence-electron chi connectivity index (χ0n) is 13.7. The van der Waals surface area contributed by atoms with Crippen LogP contribution in [0.15, 0.2) is 96.1 Å². The van der Waals surface area contributed by atoms with Gasteiger partial charge in [0.05, 0.1) is 11.4 Å². The Balaban J connectivity index is 0.000000269. The molecular weight excluding hydrogens is 517 g/mol. The zero-order valence-corrected chi connectivity index (χ0v) is 20.0. The number of hydrogen-bond acceptors (Lipinski definition) is 3. The average molecular weight is 534 g/mol. The van der Waals surface area contributed by atoms with E-state index in [4.69, 9.17) is 17.7 Å². The summed E-state index contributed by atoms with van der Waals surface area (Å²) in [5.74, 6) is 0. The molecule has 6 heteroatoms. The fourth-order valence-electron chi connectivity index (χ4n) is 2.03. The van der Waals surface area contributed by atoms with Crippen LogP contribution in [0.3, 0.4) is 0 Å². The summed E-state index contributed by atoms with van der Waals surface area (Å²) in [5.41, 5.74) is 11.7. The molecule has 121 valence electrons. The number of benzene rings is 3. The van der Waals surface area contributed by atoms with Crippen LogP contribution in [0, 0.1) is 5.53 Å². The molecule has 0 unspecified atom stereocenters. The number of hydrazine groups is 1. The van der Waals surface area contributed by atoms with Gasteiger partial charge in [-0.2, -0.15) is 0 Å². The predicted octanol–water partition coefficient (Wildman–Crippen LogP) is 4.50. The normalized spacial score (nSPS) is 9.36. The Morgan fingerprint density at radius 1 is 0.800 bits per heavy atom. The first kappa shape index (κ1) is 19.2. The van der Waals surface area contributed by atoms with Gasteiger partial charge in [0.2, 0.25) is 5.11 Å². The van der Waals surface area contributed by atoms with Crippen LogP contribution in [-0.4, -0.2) is 5.11 Å². The van der Waals surface area contributed by atoms with E-state index in [0.717, 1.165) is 37.5 Å². The monoisotopic (exact) mass is 535 g/mol. The minimum absolute atomic E-state index is 0.114. The van der Waals surface area contributed by atoms with E-state index >= 15 is 0 Å². The fourth-order valence-corrected chi connectivity index (χ4v) is 3.18. The molecule has 0 spiro atoms. The second kappa shape index (κ2) is 10.7. The van der Waals surface area contributed by atoms with Crippen LogP contribution in [0.2, 0.25) is 0 Å². The standard InChI is InChI=1S/C13H12N4S.C6H5.Hg/c14-15-13(18)16-17(11-7-3-1-4-8-11)12-9-5-2-6-10-12;1-2-4-6-5-3-1;/h1-10,14H,(H,16,18);1-5H;. The van der Waals surface area contributed by atoms with Gasteiger partial charge >= 0.3 is 59.5 Å². The quantitative estimate of drug-likeness (QED) is 0.225. The number of rotatable bonds is 3. The van der Waals surface area contributed by atoms with E-state index in [2.05, 4.69) is 40.9 Å². The summed E-state index contributed by atoms with van der Waals surface area (Å²) in [7, 11) is 0. The van der Waals surface area contributed by atoms with Crippen molar-refractivity contribution in [2.75, 3.05) is 5.01 Å². The number of thiocarbonyl (C=S) groups is 1. The molecule has 3 aromatic carbocycles. The van der Waals surface area contributed by atoms with Crippen LogP contribution >= 0.6 is 12.2 Å². The molecule has 0 aliphatic heterocycles. The molecule has 0 heterocycles. The molecule has 3 aromatic rings. The molecule has 0 saturated carbocycles. The Kier molecular flexibility index (Phi) is 8.21. The first-order valence-corrected chi connectivity index (χ1v) is 10.8. The second-order valence-corrected chi connectivity index (χ2v) is 8.58. The molecule has 0 radical (unpaired) electrons. The molecule has 0 aliphatic carbocycles. The number of hydrogen-bond donors (Lipinski definition) is 2. The zero-order chi connectivity index (χ0) is 17.9. The first-order chi connectivity index (χ1) is 12.2. The van der Waals surface area contributed by atoms with Crippen molar-refractivity contribution in [1.82, 2.24) is 5.43 Å². The van der Waals surface area contributed by atoms with Crippen LogP contribution in [0.5, 0.6) is 0 Å². The molecule has 0 saturated heterocycles. The summed E-state index contributed by atoms with van der Waals surface area (Å²) in [4.78, 5) is 0. The van der Waals surface area contributed by atoms with Gasteiger partial charge < -0.3 is 0 Å². The van der Waals surface area contributed by atoms with Gasteiger partial charge in [-0.3, -0.25) is 10.4 Å². The predicted molar refractivity (Wildman–Crippen MR) is 102 cm³/mol. The van der Waals surface area contributed by atoms with Crippen molar-refractivity contribution >= 4 is 31.8 Å². The fraction of sp³-hybridized carbons (Fsp3) is 0.